The molecule has 0 saturated carbocycles. The van der Waals surface area contributed by atoms with E-state index in [9.17, 15) is 4.79 Å². The number of aromatic nitrogens is 4. The Kier molecular flexibility index (Phi) is 5.49. The van der Waals surface area contributed by atoms with Crippen molar-refractivity contribution in [3.63, 3.8) is 0 Å². The minimum Gasteiger partial charge on any atom is -0.401 e. The van der Waals surface area contributed by atoms with E-state index in [1.165, 1.54) is 18.7 Å². The zero-order valence-electron chi connectivity index (χ0n) is 12.9. The number of nitriles is 1. The number of thioether (sulfide) groups is 1. The van der Waals surface area contributed by atoms with Crippen LogP contribution in [0.2, 0.25) is 0 Å². The summed E-state index contributed by atoms with van der Waals surface area (Å²) in [4.78, 5) is 16.0. The highest BCUT2D eigenvalue weighted by molar-refractivity contribution is 7.99. The first-order valence-corrected chi connectivity index (χ1v) is 7.93. The van der Waals surface area contributed by atoms with Gasteiger partial charge in [0.25, 0.3) is 0 Å². The van der Waals surface area contributed by atoms with E-state index >= 15 is 0 Å². The molecule has 0 aromatic carbocycles. The van der Waals surface area contributed by atoms with E-state index < -0.39 is 0 Å². The summed E-state index contributed by atoms with van der Waals surface area (Å²) in [5.74, 6) is 0.496. The Morgan fingerprint density at radius 3 is 2.65 bits per heavy atom. The lowest BCUT2D eigenvalue weighted by atomic mass is 10.2. The van der Waals surface area contributed by atoms with Gasteiger partial charge in [-0.3, -0.25) is 9.78 Å². The van der Waals surface area contributed by atoms with Crippen LogP contribution in [0.15, 0.2) is 41.0 Å². The van der Waals surface area contributed by atoms with E-state index in [1.54, 1.807) is 12.4 Å². The van der Waals surface area contributed by atoms with Crippen LogP contribution < -0.4 is 5.73 Å². The van der Waals surface area contributed by atoms with Crippen molar-refractivity contribution in [2.45, 2.75) is 25.5 Å². The molecule has 2 heterocycles. The number of nitrogens with zero attached hydrogens (tertiary/aromatic N) is 5. The van der Waals surface area contributed by atoms with Gasteiger partial charge in [-0.05, 0) is 26.0 Å². The van der Waals surface area contributed by atoms with Crippen molar-refractivity contribution in [3.05, 3.63) is 35.8 Å². The molecule has 2 rings (SSSR count). The average Bonchev–Trinajstić information content (AvgIpc) is 2.97. The lowest BCUT2D eigenvalue weighted by molar-refractivity contribution is -0.112. The average molecular weight is 328 g/mol. The molecule has 2 N–H and O–H groups in total. The van der Waals surface area contributed by atoms with Crippen LogP contribution in [0.4, 0.5) is 0 Å². The number of rotatable bonds is 6. The van der Waals surface area contributed by atoms with Crippen LogP contribution in [0.5, 0.6) is 0 Å². The maximum Gasteiger partial charge on any atom is 0.191 e. The molecule has 0 atom stereocenters. The van der Waals surface area contributed by atoms with Gasteiger partial charge in [0, 0.05) is 30.2 Å². The molecule has 8 heteroatoms. The molecule has 118 valence electrons. The molecule has 0 aliphatic carbocycles. The summed E-state index contributed by atoms with van der Waals surface area (Å²) in [6, 6.07) is 5.54. The summed E-state index contributed by atoms with van der Waals surface area (Å²) in [5, 5.41) is 17.9. The van der Waals surface area contributed by atoms with Crippen LogP contribution in [0.25, 0.3) is 11.4 Å². The van der Waals surface area contributed by atoms with Gasteiger partial charge in [0.05, 0.1) is 5.75 Å². The summed E-state index contributed by atoms with van der Waals surface area (Å²) in [7, 11) is 0. The predicted molar refractivity (Wildman–Crippen MR) is 87.2 cm³/mol. The van der Waals surface area contributed by atoms with Gasteiger partial charge in [-0.25, -0.2) is 0 Å². The van der Waals surface area contributed by atoms with E-state index in [-0.39, 0.29) is 22.8 Å². The second-order valence-electron chi connectivity index (χ2n) is 4.67. The van der Waals surface area contributed by atoms with Crippen LogP contribution in [0.1, 0.15) is 13.8 Å². The first-order chi connectivity index (χ1) is 11.1. The summed E-state index contributed by atoms with van der Waals surface area (Å²) >= 11 is 1.24. The summed E-state index contributed by atoms with van der Waals surface area (Å²) < 4.78 is 1.92. The minimum atomic E-state index is -0.311. The van der Waals surface area contributed by atoms with Crippen LogP contribution in [-0.4, -0.2) is 31.3 Å². The SMILES string of the molecule is CCn1c(SCC(=O)/C(C#N)=C(\C)N)nnc1-c1ccncc1. The number of allylic oxidation sites excluding steroid dienone is 2. The number of carbonyl (C=O) groups is 1. The third-order valence-corrected chi connectivity index (χ3v) is 4.06. The van der Waals surface area contributed by atoms with Gasteiger partial charge in [-0.15, -0.1) is 10.2 Å². The maximum atomic E-state index is 12.0. The van der Waals surface area contributed by atoms with Crippen molar-refractivity contribution < 1.29 is 4.79 Å². The fourth-order valence-corrected chi connectivity index (χ4v) is 2.84. The van der Waals surface area contributed by atoms with Crippen molar-refractivity contribution in [2.24, 2.45) is 5.73 Å². The number of ketones is 1. The van der Waals surface area contributed by atoms with Crippen molar-refractivity contribution >= 4 is 17.5 Å². The molecule has 0 aliphatic heterocycles. The van der Waals surface area contributed by atoms with Gasteiger partial charge in [-0.1, -0.05) is 11.8 Å². The van der Waals surface area contributed by atoms with Crippen molar-refractivity contribution in [1.29, 1.82) is 5.26 Å². The first kappa shape index (κ1) is 16.7. The van der Waals surface area contributed by atoms with Gasteiger partial charge in [0.15, 0.2) is 16.8 Å². The lowest BCUT2D eigenvalue weighted by Crippen LogP contribution is -2.11. The van der Waals surface area contributed by atoms with Crippen molar-refractivity contribution in [3.8, 4) is 17.5 Å². The number of Topliss-reactive ketones (excluding diaryl/α,β-unsaturated/α-hetero) is 1. The highest BCUT2D eigenvalue weighted by Crippen LogP contribution is 2.24. The first-order valence-electron chi connectivity index (χ1n) is 6.94. The Labute approximate surface area is 138 Å². The number of pyridine rings is 1. The van der Waals surface area contributed by atoms with Crippen LogP contribution in [-0.2, 0) is 11.3 Å². The lowest BCUT2D eigenvalue weighted by Gasteiger charge is -2.07. The number of hydrogen-bond donors (Lipinski definition) is 1. The third kappa shape index (κ3) is 3.76. The Morgan fingerprint density at radius 1 is 1.39 bits per heavy atom. The summed E-state index contributed by atoms with van der Waals surface area (Å²) in [5.41, 5.74) is 6.67. The number of nitrogens with two attached hydrogens (primary N) is 1. The van der Waals surface area contributed by atoms with Gasteiger partial charge in [0.1, 0.15) is 11.6 Å². The van der Waals surface area contributed by atoms with Gasteiger partial charge < -0.3 is 10.3 Å². The molecule has 0 bridgehead atoms. The van der Waals surface area contributed by atoms with E-state index in [4.69, 9.17) is 11.0 Å². The largest absolute Gasteiger partial charge is 0.401 e. The fraction of sp³-hybridized carbons (Fsp3) is 0.267. The smallest absolute Gasteiger partial charge is 0.191 e. The van der Waals surface area contributed by atoms with Gasteiger partial charge in [-0.2, -0.15) is 5.26 Å². The highest BCUT2D eigenvalue weighted by atomic mass is 32.2. The van der Waals surface area contributed by atoms with Gasteiger partial charge >= 0.3 is 0 Å². The standard InChI is InChI=1S/C15H16N6OS/c1-3-21-14(11-4-6-18-7-5-11)19-20-15(21)23-9-13(22)12(8-16)10(2)17/h4-7H,3,9,17H2,1-2H3/b12-10+. The Morgan fingerprint density at radius 2 is 2.09 bits per heavy atom. The molecule has 0 radical (unpaired) electrons. The third-order valence-electron chi connectivity index (χ3n) is 3.09. The molecule has 0 unspecified atom stereocenters. The molecule has 2 aromatic rings. The molecule has 0 fully saturated rings. The molecule has 0 saturated heterocycles. The van der Waals surface area contributed by atoms with E-state index in [0.717, 1.165) is 11.4 Å². The molecular formula is C15H16N6OS. The predicted octanol–water partition coefficient (Wildman–Crippen LogP) is 1.78. The minimum absolute atomic E-state index is 0.00517. The normalized spacial score (nSPS) is 11.7. The fourth-order valence-electron chi connectivity index (χ4n) is 1.97. The quantitative estimate of drug-likeness (QED) is 0.489. The van der Waals surface area contributed by atoms with Crippen molar-refractivity contribution in [2.75, 3.05) is 5.75 Å². The molecule has 0 spiro atoms. The highest BCUT2D eigenvalue weighted by Gasteiger charge is 2.17. The van der Waals surface area contributed by atoms with E-state index in [1.807, 2.05) is 29.7 Å². The molecular weight excluding hydrogens is 312 g/mol. The number of hydrogen-bond acceptors (Lipinski definition) is 7. The number of carbonyl (C=O) groups excluding carboxylic acids is 1. The van der Waals surface area contributed by atoms with E-state index in [2.05, 4.69) is 15.2 Å². The Hall–Kier alpha value is -2.66. The molecule has 2 aromatic heterocycles. The van der Waals surface area contributed by atoms with Crippen molar-refractivity contribution in [1.82, 2.24) is 19.7 Å². The topological polar surface area (TPSA) is 110 Å². The second kappa shape index (κ2) is 7.56. The van der Waals surface area contributed by atoms with Crippen LogP contribution >= 0.6 is 11.8 Å². The zero-order chi connectivity index (χ0) is 16.8. The van der Waals surface area contributed by atoms with E-state index in [0.29, 0.717) is 11.7 Å². The second-order valence-corrected chi connectivity index (χ2v) is 5.61. The summed E-state index contributed by atoms with van der Waals surface area (Å²) in [6.45, 7) is 4.18. The van der Waals surface area contributed by atoms with Gasteiger partial charge in [0.2, 0.25) is 0 Å². The van der Waals surface area contributed by atoms with Crippen LogP contribution in [0.3, 0.4) is 0 Å². The molecule has 0 amide bonds. The summed E-state index contributed by atoms with van der Waals surface area (Å²) in [6.07, 6.45) is 3.38. The maximum absolute atomic E-state index is 12.0. The van der Waals surface area contributed by atoms with Crippen LogP contribution in [0, 0.1) is 11.3 Å². The molecule has 0 aliphatic rings. The monoisotopic (exact) mass is 328 g/mol. The zero-order valence-corrected chi connectivity index (χ0v) is 13.7. The molecule has 23 heavy (non-hydrogen) atoms. The Balaban J connectivity index is 2.20. The molecule has 7 nitrogen and oxygen atoms in total. The Bertz CT molecular complexity index is 771.